The van der Waals surface area contributed by atoms with E-state index >= 15 is 0 Å². The quantitative estimate of drug-likeness (QED) is 0.145. The molecule has 3 saturated carbocycles. The molecule has 0 bridgehead atoms. The van der Waals surface area contributed by atoms with E-state index in [0.717, 1.165) is 50.5 Å². The van der Waals surface area contributed by atoms with Crippen molar-refractivity contribution in [1.82, 2.24) is 10.6 Å². The lowest BCUT2D eigenvalue weighted by atomic mass is 9.47. The lowest BCUT2D eigenvalue weighted by Crippen LogP contribution is -2.51. The van der Waals surface area contributed by atoms with E-state index in [1.807, 2.05) is 30.3 Å². The smallest absolute Gasteiger partial charge is 0.408 e. The average molecular weight is 637 g/mol. The van der Waals surface area contributed by atoms with Gasteiger partial charge in [0.25, 0.3) is 0 Å². The van der Waals surface area contributed by atoms with Crippen LogP contribution in [0.2, 0.25) is 0 Å². The number of amides is 2. The Balaban J connectivity index is 1.10. The molecule has 4 aliphatic rings. The second kappa shape index (κ2) is 14.2. The number of benzene rings is 1. The first-order valence-corrected chi connectivity index (χ1v) is 17.3. The molecule has 2 amide bonds. The number of carboxylic acid groups (broad SMARTS) is 1. The summed E-state index contributed by atoms with van der Waals surface area (Å²) in [5.41, 5.74) is 2.59. The number of hydrogen-bond acceptors (Lipinski definition) is 6. The van der Waals surface area contributed by atoms with Gasteiger partial charge >= 0.3 is 18.0 Å². The number of carbonyl (C=O) groups is 4. The highest BCUT2D eigenvalue weighted by Gasteiger charge is 2.59. The third-order valence-electron chi connectivity index (χ3n) is 12.3. The fraction of sp³-hybridized carbons (Fsp3) is 0.676. The van der Waals surface area contributed by atoms with E-state index < -0.39 is 18.1 Å². The molecule has 1 aromatic rings. The number of aliphatic carboxylic acids is 1. The van der Waals surface area contributed by atoms with Crippen LogP contribution in [0.1, 0.15) is 97.5 Å². The molecule has 1 aromatic carbocycles. The predicted molar refractivity (Wildman–Crippen MR) is 173 cm³/mol. The first-order chi connectivity index (χ1) is 21.9. The Kier molecular flexibility index (Phi) is 10.5. The van der Waals surface area contributed by atoms with Crippen LogP contribution >= 0.6 is 0 Å². The van der Waals surface area contributed by atoms with Crippen molar-refractivity contribution in [2.75, 3.05) is 6.54 Å². The van der Waals surface area contributed by atoms with E-state index in [4.69, 9.17) is 9.47 Å². The van der Waals surface area contributed by atoms with Crippen molar-refractivity contribution in [3.05, 3.63) is 47.5 Å². The number of fused-ring (bicyclic) bond motifs is 5. The van der Waals surface area contributed by atoms with Crippen molar-refractivity contribution in [2.45, 2.75) is 111 Å². The van der Waals surface area contributed by atoms with Crippen LogP contribution in [-0.2, 0) is 30.5 Å². The van der Waals surface area contributed by atoms with E-state index in [1.165, 1.54) is 18.9 Å². The van der Waals surface area contributed by atoms with E-state index in [9.17, 15) is 24.3 Å². The number of hydrogen-bond donors (Lipinski definition) is 3. The summed E-state index contributed by atoms with van der Waals surface area (Å²) < 4.78 is 10.8. The van der Waals surface area contributed by atoms with Crippen LogP contribution in [0.15, 0.2) is 42.0 Å². The van der Waals surface area contributed by atoms with E-state index in [2.05, 4.69) is 37.5 Å². The van der Waals surface area contributed by atoms with Gasteiger partial charge in [-0.05, 0) is 97.9 Å². The molecule has 3 N–H and O–H groups in total. The molecule has 3 fully saturated rings. The van der Waals surface area contributed by atoms with Gasteiger partial charge in [0, 0.05) is 25.8 Å². The molecule has 0 aromatic heterocycles. The van der Waals surface area contributed by atoms with Crippen molar-refractivity contribution in [1.29, 1.82) is 0 Å². The van der Waals surface area contributed by atoms with Gasteiger partial charge in [0.1, 0.15) is 18.8 Å². The molecule has 9 heteroatoms. The number of rotatable bonds is 11. The summed E-state index contributed by atoms with van der Waals surface area (Å²) in [6.45, 7) is 8.84. The molecular weight excluding hydrogens is 584 g/mol. The Morgan fingerprint density at radius 3 is 2.50 bits per heavy atom. The molecule has 46 heavy (non-hydrogen) atoms. The number of ether oxygens (including phenoxy) is 2. The van der Waals surface area contributed by atoms with Gasteiger partial charge in [0.05, 0.1) is 0 Å². The van der Waals surface area contributed by atoms with Gasteiger partial charge in [-0.15, -0.1) is 0 Å². The molecule has 252 valence electrons. The molecule has 0 spiro atoms. The maximum absolute atomic E-state index is 13.4. The Morgan fingerprint density at radius 1 is 1.02 bits per heavy atom. The van der Waals surface area contributed by atoms with Crippen molar-refractivity contribution in [3.8, 4) is 0 Å². The van der Waals surface area contributed by atoms with Gasteiger partial charge in [-0.3, -0.25) is 9.59 Å². The lowest BCUT2D eigenvalue weighted by molar-refractivity contribution is -0.148. The fourth-order valence-electron chi connectivity index (χ4n) is 9.85. The summed E-state index contributed by atoms with van der Waals surface area (Å²) in [6.07, 6.45) is 10.8. The van der Waals surface area contributed by atoms with E-state index in [0.29, 0.717) is 36.6 Å². The molecule has 4 aliphatic carbocycles. The largest absolute Gasteiger partial charge is 0.480 e. The summed E-state index contributed by atoms with van der Waals surface area (Å²) in [5.74, 6) is 0.740. The Morgan fingerprint density at radius 2 is 1.78 bits per heavy atom. The monoisotopic (exact) mass is 636 g/mol. The molecule has 9 atom stereocenters. The van der Waals surface area contributed by atoms with E-state index in [-0.39, 0.29) is 47.8 Å². The molecule has 1 unspecified atom stereocenters. The second-order valence-corrected chi connectivity index (χ2v) is 14.8. The van der Waals surface area contributed by atoms with Gasteiger partial charge < -0.3 is 25.2 Å². The molecule has 9 nitrogen and oxygen atoms in total. The Labute approximate surface area is 273 Å². The van der Waals surface area contributed by atoms with Crippen molar-refractivity contribution in [2.24, 2.45) is 40.4 Å². The first-order valence-electron chi connectivity index (χ1n) is 17.3. The third-order valence-corrected chi connectivity index (χ3v) is 12.3. The standard InChI is InChI=1S/C37H52N2O7/c1-23(33(41)38-20-8-11-32(34(42)43)39-35(44)45-22-25-9-6-5-7-10-25)29-14-15-30-28-13-12-26-21-27(46-24(2)40)16-18-36(26,3)31(28)17-19-37(29,30)4/h5-7,9-10,12,23,27-32H,8,11,13-22H2,1-4H3,(H,38,41)(H,39,44)(H,42,43)/t23-,27-,28?,29+,30-,31-,32-,36-,37+/m0/s1. The zero-order valence-electron chi connectivity index (χ0n) is 27.9. The van der Waals surface area contributed by atoms with Crippen molar-refractivity contribution in [3.63, 3.8) is 0 Å². The zero-order chi connectivity index (χ0) is 33.1. The first kappa shape index (κ1) is 34.0. The minimum absolute atomic E-state index is 0.00478. The Hall–Kier alpha value is -3.36. The van der Waals surface area contributed by atoms with Gasteiger partial charge in [0.15, 0.2) is 0 Å². The predicted octanol–water partition coefficient (Wildman–Crippen LogP) is 6.41. The van der Waals surface area contributed by atoms with Gasteiger partial charge in [-0.1, -0.05) is 62.8 Å². The van der Waals surface area contributed by atoms with Crippen LogP contribution in [0, 0.1) is 40.4 Å². The summed E-state index contributed by atoms with van der Waals surface area (Å²) >= 11 is 0. The summed E-state index contributed by atoms with van der Waals surface area (Å²) in [7, 11) is 0. The van der Waals surface area contributed by atoms with Crippen LogP contribution in [0.4, 0.5) is 4.79 Å². The third kappa shape index (κ3) is 7.13. The highest BCUT2D eigenvalue weighted by molar-refractivity contribution is 5.80. The van der Waals surface area contributed by atoms with Crippen LogP contribution in [0.5, 0.6) is 0 Å². The SMILES string of the molecule is CC(=O)O[C@H]1CC[C@@]2(C)C(=CCC3[C@@H]4CC[C@H]([C@H](C)C(=O)NCCC[C@H](NC(=O)OCc5ccccc5)C(=O)O)[C@@]4(C)CC[C@@H]32)C1. The number of alkyl carbamates (subject to hydrolysis) is 1. The number of carboxylic acids is 1. The van der Waals surface area contributed by atoms with Crippen LogP contribution in [0.3, 0.4) is 0 Å². The lowest BCUT2D eigenvalue weighted by Gasteiger charge is -2.58. The van der Waals surface area contributed by atoms with E-state index in [1.54, 1.807) is 0 Å². The van der Waals surface area contributed by atoms with Gasteiger partial charge in [0.2, 0.25) is 5.91 Å². The zero-order valence-corrected chi connectivity index (χ0v) is 27.9. The van der Waals surface area contributed by atoms with Crippen LogP contribution < -0.4 is 10.6 Å². The maximum Gasteiger partial charge on any atom is 0.408 e. The molecular formula is C37H52N2O7. The number of esters is 1. The number of carbonyl (C=O) groups excluding carboxylic acids is 3. The summed E-state index contributed by atoms with van der Waals surface area (Å²) in [5, 5.41) is 15.1. The van der Waals surface area contributed by atoms with Crippen LogP contribution in [-0.4, -0.2) is 47.7 Å². The highest BCUT2D eigenvalue weighted by atomic mass is 16.5. The fourth-order valence-corrected chi connectivity index (χ4v) is 9.85. The maximum atomic E-state index is 13.4. The summed E-state index contributed by atoms with van der Waals surface area (Å²) in [6, 6.07) is 8.10. The minimum atomic E-state index is -1.13. The number of nitrogens with one attached hydrogen (secondary N) is 2. The molecule has 0 saturated heterocycles. The topological polar surface area (TPSA) is 131 Å². The van der Waals surface area contributed by atoms with Gasteiger partial charge in [-0.25, -0.2) is 9.59 Å². The van der Waals surface area contributed by atoms with Crippen LogP contribution in [0.25, 0.3) is 0 Å². The molecule has 0 radical (unpaired) electrons. The van der Waals surface area contributed by atoms with Gasteiger partial charge in [-0.2, -0.15) is 0 Å². The van der Waals surface area contributed by atoms with Crippen molar-refractivity contribution >= 4 is 23.9 Å². The average Bonchev–Trinajstić information content (AvgIpc) is 3.38. The normalized spacial score (nSPS) is 32.8. The Bertz CT molecular complexity index is 1310. The highest BCUT2D eigenvalue weighted by Crippen LogP contribution is 2.67. The molecule has 5 rings (SSSR count). The van der Waals surface area contributed by atoms with Crippen molar-refractivity contribution < 1.29 is 33.8 Å². The molecule has 0 heterocycles. The second-order valence-electron chi connectivity index (χ2n) is 14.8. The summed E-state index contributed by atoms with van der Waals surface area (Å²) in [4.78, 5) is 48.9. The molecule has 0 aliphatic heterocycles. The number of allylic oxidation sites excluding steroid dienone is 1. The minimum Gasteiger partial charge on any atom is -0.480 e.